The Morgan fingerprint density at radius 3 is 2.27 bits per heavy atom. The van der Waals surface area contributed by atoms with Gasteiger partial charge in [0, 0.05) is 12.1 Å². The number of nitro benzene ring substituents is 1. The summed E-state index contributed by atoms with van der Waals surface area (Å²) in [5.41, 5.74) is 0.837. The van der Waals surface area contributed by atoms with Gasteiger partial charge in [-0.1, -0.05) is 42.5 Å². The number of carbonyl (C=O) groups is 2. The number of hydrogen-bond donors (Lipinski definition) is 1. The molecule has 0 spiro atoms. The number of carbonyl (C=O) groups excluding carboxylic acids is 2. The molecule has 0 saturated heterocycles. The molecule has 2 aromatic rings. The summed E-state index contributed by atoms with van der Waals surface area (Å²) in [6.45, 7) is 1.84. The predicted octanol–water partition coefficient (Wildman–Crippen LogP) is 3.30. The zero-order valence-electron chi connectivity index (χ0n) is 13.9. The number of hydrogen-bond acceptors (Lipinski definition) is 5. The van der Waals surface area contributed by atoms with Crippen LogP contribution in [0.2, 0.25) is 0 Å². The second-order valence-electron chi connectivity index (χ2n) is 5.32. The second-order valence-corrected chi connectivity index (χ2v) is 5.75. The number of rotatable bonds is 7. The van der Waals surface area contributed by atoms with Crippen molar-refractivity contribution in [2.45, 2.75) is 18.3 Å². The van der Waals surface area contributed by atoms with Crippen molar-refractivity contribution in [3.05, 3.63) is 75.8 Å². The summed E-state index contributed by atoms with van der Waals surface area (Å²) in [6.07, 6.45) is 0. The van der Waals surface area contributed by atoms with E-state index in [1.807, 2.05) is 0 Å². The van der Waals surface area contributed by atoms with E-state index in [1.54, 1.807) is 37.3 Å². The molecule has 0 aliphatic heterocycles. The Kier molecular flexibility index (Phi) is 6.68. The van der Waals surface area contributed by atoms with Gasteiger partial charge in [-0.05, 0) is 18.1 Å². The third-order valence-electron chi connectivity index (χ3n) is 3.57. The van der Waals surface area contributed by atoms with Gasteiger partial charge in [0.1, 0.15) is 5.38 Å². The highest BCUT2D eigenvalue weighted by Crippen LogP contribution is 2.25. The largest absolute Gasteiger partial charge is 0.464 e. The SMILES string of the molecule is CCOC(=O)[C@@H](NC(=O)[C@@H](Cl)c1ccc([N+](=O)[O-])cc1)c1ccccc1. The summed E-state index contributed by atoms with van der Waals surface area (Å²) < 4.78 is 5.02. The molecule has 0 aliphatic rings. The summed E-state index contributed by atoms with van der Waals surface area (Å²) in [4.78, 5) is 34.8. The molecule has 8 heteroatoms. The topological polar surface area (TPSA) is 98.5 Å². The van der Waals surface area contributed by atoms with Crippen LogP contribution in [0.25, 0.3) is 0 Å². The highest BCUT2D eigenvalue weighted by Gasteiger charge is 2.27. The van der Waals surface area contributed by atoms with Gasteiger partial charge in [0.25, 0.3) is 5.69 Å². The summed E-state index contributed by atoms with van der Waals surface area (Å²) >= 11 is 6.17. The average molecular weight is 377 g/mol. The number of ether oxygens (including phenoxy) is 1. The van der Waals surface area contributed by atoms with Gasteiger partial charge in [-0.3, -0.25) is 14.9 Å². The molecule has 26 heavy (non-hydrogen) atoms. The lowest BCUT2D eigenvalue weighted by molar-refractivity contribution is -0.384. The number of non-ortho nitro benzene ring substituents is 1. The van der Waals surface area contributed by atoms with Gasteiger partial charge in [0.05, 0.1) is 11.5 Å². The number of esters is 1. The number of halogens is 1. The van der Waals surface area contributed by atoms with Crippen LogP contribution < -0.4 is 5.32 Å². The fourth-order valence-corrected chi connectivity index (χ4v) is 2.49. The Morgan fingerprint density at radius 2 is 1.73 bits per heavy atom. The summed E-state index contributed by atoms with van der Waals surface area (Å²) in [5, 5.41) is 12.2. The van der Waals surface area contributed by atoms with Crippen LogP contribution in [-0.4, -0.2) is 23.4 Å². The molecular weight excluding hydrogens is 360 g/mol. The van der Waals surface area contributed by atoms with Gasteiger partial charge in [0.2, 0.25) is 5.91 Å². The first-order valence-corrected chi connectivity index (χ1v) is 8.28. The van der Waals surface area contributed by atoms with E-state index in [1.165, 1.54) is 24.3 Å². The lowest BCUT2D eigenvalue weighted by Crippen LogP contribution is -2.36. The van der Waals surface area contributed by atoms with Crippen LogP contribution in [0.3, 0.4) is 0 Å². The zero-order valence-corrected chi connectivity index (χ0v) is 14.7. The Labute approximate surface area is 155 Å². The lowest BCUT2D eigenvalue weighted by atomic mass is 10.1. The number of nitrogens with one attached hydrogen (secondary N) is 1. The first-order chi connectivity index (χ1) is 12.4. The number of nitrogens with zero attached hydrogens (tertiary/aromatic N) is 1. The standard InChI is InChI=1S/C18H17ClN2O5/c1-2-26-18(23)16(13-6-4-3-5-7-13)20-17(22)15(19)12-8-10-14(11-9-12)21(24)25/h3-11,15-16H,2H2,1H3,(H,20,22)/t15-,16-/m0/s1. The third-order valence-corrected chi connectivity index (χ3v) is 4.02. The maximum absolute atomic E-state index is 12.5. The molecule has 7 nitrogen and oxygen atoms in total. The smallest absolute Gasteiger partial charge is 0.333 e. The van der Waals surface area contributed by atoms with Gasteiger partial charge < -0.3 is 10.1 Å². The summed E-state index contributed by atoms with van der Waals surface area (Å²) in [5.74, 6) is -1.21. The highest BCUT2D eigenvalue weighted by atomic mass is 35.5. The Hall–Kier alpha value is -2.93. The van der Waals surface area contributed by atoms with E-state index < -0.39 is 28.2 Å². The van der Waals surface area contributed by atoms with Gasteiger partial charge in [-0.2, -0.15) is 0 Å². The summed E-state index contributed by atoms with van der Waals surface area (Å²) in [7, 11) is 0. The van der Waals surface area contributed by atoms with Gasteiger partial charge >= 0.3 is 5.97 Å². The first kappa shape index (κ1) is 19.4. The number of benzene rings is 2. The molecule has 0 fully saturated rings. The molecule has 2 aromatic carbocycles. The molecule has 2 rings (SSSR count). The van der Waals surface area contributed by atoms with Gasteiger partial charge in [0.15, 0.2) is 6.04 Å². The predicted molar refractivity (Wildman–Crippen MR) is 95.6 cm³/mol. The molecule has 0 aromatic heterocycles. The molecule has 1 N–H and O–H groups in total. The monoisotopic (exact) mass is 376 g/mol. The Balaban J connectivity index is 2.17. The van der Waals surface area contributed by atoms with E-state index in [0.29, 0.717) is 11.1 Å². The van der Waals surface area contributed by atoms with Crippen molar-refractivity contribution >= 4 is 29.2 Å². The molecule has 0 bridgehead atoms. The fourth-order valence-electron chi connectivity index (χ4n) is 2.28. The number of nitro groups is 1. The van der Waals surface area contributed by atoms with Crippen LogP contribution in [0.5, 0.6) is 0 Å². The van der Waals surface area contributed by atoms with Crippen LogP contribution in [0.4, 0.5) is 5.69 Å². The van der Waals surface area contributed by atoms with Crippen molar-refractivity contribution in [3.8, 4) is 0 Å². The molecule has 0 saturated carbocycles. The minimum Gasteiger partial charge on any atom is -0.464 e. The summed E-state index contributed by atoms with van der Waals surface area (Å²) in [6, 6.07) is 13.0. The second kappa shape index (κ2) is 8.96. The first-order valence-electron chi connectivity index (χ1n) is 7.84. The van der Waals surface area contributed by atoms with E-state index in [4.69, 9.17) is 16.3 Å². The van der Waals surface area contributed by atoms with E-state index >= 15 is 0 Å². The van der Waals surface area contributed by atoms with E-state index in [0.717, 1.165) is 0 Å². The van der Waals surface area contributed by atoms with Gasteiger partial charge in [-0.25, -0.2) is 4.79 Å². The van der Waals surface area contributed by atoms with E-state index in [2.05, 4.69) is 5.32 Å². The Bertz CT molecular complexity index is 780. The van der Waals surface area contributed by atoms with Crippen molar-refractivity contribution < 1.29 is 19.2 Å². The molecule has 1 amide bonds. The van der Waals surface area contributed by atoms with Gasteiger partial charge in [-0.15, -0.1) is 11.6 Å². The lowest BCUT2D eigenvalue weighted by Gasteiger charge is -2.19. The average Bonchev–Trinajstić information content (AvgIpc) is 2.66. The van der Waals surface area contributed by atoms with Crippen LogP contribution in [0, 0.1) is 10.1 Å². The van der Waals surface area contributed by atoms with Crippen molar-refractivity contribution in [2.75, 3.05) is 6.61 Å². The maximum atomic E-state index is 12.5. The molecule has 0 heterocycles. The molecule has 136 valence electrons. The Morgan fingerprint density at radius 1 is 1.12 bits per heavy atom. The van der Waals surface area contributed by atoms with E-state index in [9.17, 15) is 19.7 Å². The zero-order chi connectivity index (χ0) is 19.1. The van der Waals surface area contributed by atoms with Crippen LogP contribution in [0.15, 0.2) is 54.6 Å². The molecule has 0 unspecified atom stereocenters. The van der Waals surface area contributed by atoms with Crippen LogP contribution in [0.1, 0.15) is 29.5 Å². The van der Waals surface area contributed by atoms with Crippen molar-refractivity contribution in [3.63, 3.8) is 0 Å². The fraction of sp³-hybridized carbons (Fsp3) is 0.222. The van der Waals surface area contributed by atoms with Crippen molar-refractivity contribution in [1.29, 1.82) is 0 Å². The van der Waals surface area contributed by atoms with Crippen molar-refractivity contribution in [2.24, 2.45) is 0 Å². The minimum atomic E-state index is -1.11. The van der Waals surface area contributed by atoms with Crippen LogP contribution >= 0.6 is 11.6 Å². The minimum absolute atomic E-state index is 0.105. The van der Waals surface area contributed by atoms with Crippen LogP contribution in [-0.2, 0) is 14.3 Å². The number of alkyl halides is 1. The van der Waals surface area contributed by atoms with E-state index in [-0.39, 0.29) is 12.3 Å². The quantitative estimate of drug-likeness (QED) is 0.346. The molecule has 0 aliphatic carbocycles. The maximum Gasteiger partial charge on any atom is 0.333 e. The normalized spacial score (nSPS) is 12.7. The molecule has 2 atom stereocenters. The molecule has 0 radical (unpaired) electrons. The highest BCUT2D eigenvalue weighted by molar-refractivity contribution is 6.30. The van der Waals surface area contributed by atoms with Crippen molar-refractivity contribution in [1.82, 2.24) is 5.32 Å². The third kappa shape index (κ3) is 4.80. The number of amides is 1. The molecular formula is C18H17ClN2O5.